The Morgan fingerprint density at radius 1 is 0.840 bits per heavy atom. The first-order valence-electron chi connectivity index (χ1n) is 15.8. The van der Waals surface area contributed by atoms with Crippen LogP contribution in [-0.2, 0) is 26.5 Å². The van der Waals surface area contributed by atoms with E-state index in [0.29, 0.717) is 6.42 Å². The number of amides is 2. The molecular weight excluding hydrogens is 651 g/mol. The van der Waals surface area contributed by atoms with Crippen molar-refractivity contribution in [3.63, 3.8) is 0 Å². The number of aliphatic carboxylic acids is 1. The minimum absolute atomic E-state index is 0.0982. The SMILES string of the molecule is CC(=O)OC(F)C(F)C(F)(NC(=O)c1ccccc1-c1ccccc1C(=O)N(CCC(=O)O)CCc1c[nH]c2ccccc12)c1ccccc1. The Labute approximate surface area is 285 Å². The molecule has 1 heterocycles. The molecule has 0 aliphatic rings. The van der Waals surface area contributed by atoms with Gasteiger partial charge in [-0.3, -0.25) is 19.2 Å². The largest absolute Gasteiger partial charge is 0.481 e. The number of aromatic amines is 1. The smallest absolute Gasteiger partial charge is 0.305 e. The van der Waals surface area contributed by atoms with Crippen molar-refractivity contribution >= 4 is 34.7 Å². The van der Waals surface area contributed by atoms with Crippen LogP contribution in [0.15, 0.2) is 109 Å². The Balaban J connectivity index is 1.48. The van der Waals surface area contributed by atoms with E-state index in [2.05, 4.69) is 9.72 Å². The zero-order chi connectivity index (χ0) is 35.8. The summed E-state index contributed by atoms with van der Waals surface area (Å²) in [7, 11) is 0. The minimum atomic E-state index is -3.48. The zero-order valence-corrected chi connectivity index (χ0v) is 26.9. The standard InChI is InChI=1S/C38H34F3N3O6/c1-24(45)50-35(40)34(39)38(41,26-11-3-2-4-12-26)43-36(48)30-16-7-5-14-28(30)29-15-6-8-17-31(29)37(49)44(22-20-33(46)47)21-19-25-23-42-32-18-10-9-13-27(25)32/h2-18,23,34-35,42H,19-22H2,1H3,(H,43,48)(H,46,47). The van der Waals surface area contributed by atoms with E-state index in [1.54, 1.807) is 24.3 Å². The third kappa shape index (κ3) is 7.86. The fraction of sp³-hybridized carbons (Fsp3) is 0.211. The summed E-state index contributed by atoms with van der Waals surface area (Å²) in [5.74, 6) is -7.41. The Bertz CT molecular complexity index is 2000. The molecule has 3 unspecified atom stereocenters. The highest BCUT2D eigenvalue weighted by atomic mass is 19.2. The number of rotatable bonds is 14. The first-order valence-corrected chi connectivity index (χ1v) is 15.8. The molecule has 0 bridgehead atoms. The number of carboxylic acid groups (broad SMARTS) is 1. The number of H-pyrrole nitrogens is 1. The molecule has 0 saturated carbocycles. The number of para-hydroxylation sites is 1. The van der Waals surface area contributed by atoms with Crippen LogP contribution in [0.25, 0.3) is 22.0 Å². The maximum Gasteiger partial charge on any atom is 0.305 e. The summed E-state index contributed by atoms with van der Waals surface area (Å²) in [6, 6.07) is 26.5. The van der Waals surface area contributed by atoms with Crippen LogP contribution in [0.3, 0.4) is 0 Å². The first kappa shape index (κ1) is 35.4. The Hall–Kier alpha value is -5.91. The second kappa shape index (κ2) is 15.5. The van der Waals surface area contributed by atoms with Crippen molar-refractivity contribution in [3.8, 4) is 11.1 Å². The quantitative estimate of drug-likeness (QED) is 0.0877. The second-order valence-corrected chi connectivity index (χ2v) is 11.5. The van der Waals surface area contributed by atoms with E-state index in [9.17, 15) is 28.7 Å². The molecule has 0 spiro atoms. The number of ether oxygens (including phenoxy) is 1. The van der Waals surface area contributed by atoms with Crippen LogP contribution in [-0.4, -0.2) is 64.4 Å². The van der Waals surface area contributed by atoms with Gasteiger partial charge in [-0.1, -0.05) is 84.9 Å². The molecule has 0 aliphatic carbocycles. The molecule has 258 valence electrons. The fourth-order valence-electron chi connectivity index (χ4n) is 5.74. The molecule has 0 radical (unpaired) electrons. The van der Waals surface area contributed by atoms with Crippen molar-refractivity contribution in [1.82, 2.24) is 15.2 Å². The van der Waals surface area contributed by atoms with Crippen molar-refractivity contribution < 1.29 is 42.2 Å². The molecule has 50 heavy (non-hydrogen) atoms. The Morgan fingerprint density at radius 2 is 1.44 bits per heavy atom. The van der Waals surface area contributed by atoms with Gasteiger partial charge in [0.1, 0.15) is 0 Å². The summed E-state index contributed by atoms with van der Waals surface area (Å²) in [6.45, 7) is 0.913. The molecule has 5 rings (SSSR count). The number of hydrogen-bond acceptors (Lipinski definition) is 5. The number of esters is 1. The number of nitrogens with zero attached hydrogens (tertiary/aromatic N) is 1. The van der Waals surface area contributed by atoms with E-state index in [4.69, 9.17) is 0 Å². The minimum Gasteiger partial charge on any atom is -0.481 e. The van der Waals surface area contributed by atoms with Gasteiger partial charge in [0.05, 0.1) is 6.42 Å². The van der Waals surface area contributed by atoms with Crippen LogP contribution in [0.2, 0.25) is 0 Å². The van der Waals surface area contributed by atoms with Crippen molar-refractivity contribution in [2.24, 2.45) is 0 Å². The number of hydrogen-bond donors (Lipinski definition) is 3. The number of carbonyl (C=O) groups excluding carboxylic acids is 3. The van der Waals surface area contributed by atoms with Gasteiger partial charge < -0.3 is 25.0 Å². The van der Waals surface area contributed by atoms with E-state index >= 15 is 8.78 Å². The molecule has 0 fully saturated rings. The number of aromatic nitrogens is 1. The molecular formula is C38H34F3N3O6. The summed E-state index contributed by atoms with van der Waals surface area (Å²) in [4.78, 5) is 55.4. The zero-order valence-electron chi connectivity index (χ0n) is 26.9. The highest BCUT2D eigenvalue weighted by molar-refractivity contribution is 6.06. The van der Waals surface area contributed by atoms with Gasteiger partial charge in [0.2, 0.25) is 12.0 Å². The van der Waals surface area contributed by atoms with Crippen molar-refractivity contribution in [2.75, 3.05) is 13.1 Å². The van der Waals surface area contributed by atoms with Gasteiger partial charge in [-0.25, -0.2) is 8.78 Å². The average molecular weight is 686 g/mol. The average Bonchev–Trinajstić information content (AvgIpc) is 3.54. The van der Waals surface area contributed by atoms with Gasteiger partial charge in [0.25, 0.3) is 18.2 Å². The van der Waals surface area contributed by atoms with Gasteiger partial charge in [0, 0.05) is 53.8 Å². The van der Waals surface area contributed by atoms with Crippen LogP contribution < -0.4 is 5.32 Å². The summed E-state index contributed by atoms with van der Waals surface area (Å²) in [5, 5.41) is 12.4. The molecule has 12 heteroatoms. The normalized spacial score (nSPS) is 13.5. The second-order valence-electron chi connectivity index (χ2n) is 11.5. The van der Waals surface area contributed by atoms with E-state index in [1.165, 1.54) is 47.4 Å². The lowest BCUT2D eigenvalue weighted by atomic mass is 9.93. The van der Waals surface area contributed by atoms with Crippen LogP contribution >= 0.6 is 0 Å². The van der Waals surface area contributed by atoms with Gasteiger partial charge in [-0.15, -0.1) is 0 Å². The monoisotopic (exact) mass is 685 g/mol. The maximum atomic E-state index is 16.6. The number of benzene rings is 4. The third-order valence-corrected chi connectivity index (χ3v) is 8.21. The number of halogens is 3. The number of carbonyl (C=O) groups is 4. The lowest BCUT2D eigenvalue weighted by molar-refractivity contribution is -0.173. The number of nitrogens with one attached hydrogen (secondary N) is 2. The third-order valence-electron chi connectivity index (χ3n) is 8.21. The van der Waals surface area contributed by atoms with E-state index in [1.807, 2.05) is 35.8 Å². The highest BCUT2D eigenvalue weighted by Crippen LogP contribution is 2.35. The van der Waals surface area contributed by atoms with Crippen molar-refractivity contribution in [3.05, 3.63) is 132 Å². The lowest BCUT2D eigenvalue weighted by Gasteiger charge is -2.31. The molecule has 0 aliphatic heterocycles. The molecule has 0 saturated heterocycles. The van der Waals surface area contributed by atoms with Gasteiger partial charge in [-0.2, -0.15) is 4.39 Å². The highest BCUT2D eigenvalue weighted by Gasteiger charge is 2.49. The lowest BCUT2D eigenvalue weighted by Crippen LogP contribution is -2.53. The Kier molecular flexibility index (Phi) is 11.0. The van der Waals surface area contributed by atoms with Crippen LogP contribution in [0.1, 0.15) is 45.2 Å². The predicted octanol–water partition coefficient (Wildman–Crippen LogP) is 6.74. The van der Waals surface area contributed by atoms with Gasteiger partial charge in [0.15, 0.2) is 0 Å². The fourth-order valence-corrected chi connectivity index (χ4v) is 5.74. The maximum absolute atomic E-state index is 16.6. The van der Waals surface area contributed by atoms with Crippen LogP contribution in [0.5, 0.6) is 0 Å². The summed E-state index contributed by atoms with van der Waals surface area (Å²) in [5.41, 5.74) is 1.82. The number of fused-ring (bicyclic) bond motifs is 1. The van der Waals surface area contributed by atoms with Crippen LogP contribution in [0.4, 0.5) is 13.2 Å². The number of carboxylic acids is 1. The van der Waals surface area contributed by atoms with Crippen LogP contribution in [0, 0.1) is 0 Å². The summed E-state index contributed by atoms with van der Waals surface area (Å²) >= 11 is 0. The molecule has 3 atom stereocenters. The topological polar surface area (TPSA) is 129 Å². The molecule has 1 aromatic heterocycles. The van der Waals surface area contributed by atoms with Gasteiger partial charge >= 0.3 is 11.9 Å². The van der Waals surface area contributed by atoms with Crippen molar-refractivity contribution in [1.29, 1.82) is 0 Å². The molecule has 5 aromatic rings. The van der Waals surface area contributed by atoms with Crippen molar-refractivity contribution in [2.45, 2.75) is 38.1 Å². The molecule has 4 aromatic carbocycles. The Morgan fingerprint density at radius 3 is 2.12 bits per heavy atom. The van der Waals surface area contributed by atoms with E-state index < -0.39 is 47.6 Å². The first-order chi connectivity index (χ1) is 24.0. The number of alkyl halides is 3. The molecule has 2 amide bonds. The van der Waals surface area contributed by atoms with Gasteiger partial charge in [-0.05, 0) is 41.3 Å². The summed E-state index contributed by atoms with van der Waals surface area (Å²) < 4.78 is 51.1. The van der Waals surface area contributed by atoms with E-state index in [0.717, 1.165) is 35.5 Å². The molecule has 3 N–H and O–H groups in total. The van der Waals surface area contributed by atoms with E-state index in [-0.39, 0.29) is 41.8 Å². The summed E-state index contributed by atoms with van der Waals surface area (Å²) in [6.07, 6.45) is -4.26. The predicted molar refractivity (Wildman–Crippen MR) is 180 cm³/mol. The molecule has 9 nitrogen and oxygen atoms in total.